The number of anilines is 1. The highest BCUT2D eigenvalue weighted by Gasteiger charge is 2.11. The predicted octanol–water partition coefficient (Wildman–Crippen LogP) is 1.26. The molecule has 0 bridgehead atoms. The van der Waals surface area contributed by atoms with E-state index in [9.17, 15) is 9.59 Å². The molecule has 0 aliphatic carbocycles. The molecule has 0 spiro atoms. The number of carboxylic acid groups (broad SMARTS) is 1. The first-order valence-corrected chi connectivity index (χ1v) is 4.06. The van der Waals surface area contributed by atoms with Gasteiger partial charge < -0.3 is 10.0 Å². The maximum atomic E-state index is 10.9. The molecule has 14 heavy (non-hydrogen) atoms. The van der Waals surface area contributed by atoms with E-state index in [0.717, 1.165) is 0 Å². The Morgan fingerprint density at radius 1 is 1.43 bits per heavy atom. The highest BCUT2D eigenvalue weighted by atomic mass is 16.4. The van der Waals surface area contributed by atoms with Gasteiger partial charge in [0.1, 0.15) is 6.29 Å². The van der Waals surface area contributed by atoms with E-state index in [1.54, 1.807) is 31.1 Å². The molecule has 0 aliphatic rings. The molecule has 0 atom stereocenters. The maximum Gasteiger partial charge on any atom is 0.337 e. The number of aromatic carboxylic acids is 1. The highest BCUT2D eigenvalue weighted by Crippen LogP contribution is 2.19. The average molecular weight is 193 g/mol. The summed E-state index contributed by atoms with van der Waals surface area (Å²) < 4.78 is 0. The second-order valence-electron chi connectivity index (χ2n) is 3.09. The van der Waals surface area contributed by atoms with E-state index >= 15 is 0 Å². The Bertz CT molecular complexity index is 372. The van der Waals surface area contributed by atoms with Gasteiger partial charge in [0, 0.05) is 19.7 Å². The topological polar surface area (TPSA) is 57.6 Å². The highest BCUT2D eigenvalue weighted by molar-refractivity contribution is 5.96. The molecule has 1 aromatic rings. The van der Waals surface area contributed by atoms with Gasteiger partial charge in [-0.2, -0.15) is 0 Å². The fourth-order valence-electron chi connectivity index (χ4n) is 1.19. The van der Waals surface area contributed by atoms with Crippen LogP contribution in [0.15, 0.2) is 18.2 Å². The number of nitrogens with zero attached hydrogens (tertiary/aromatic N) is 1. The molecule has 0 saturated carbocycles. The summed E-state index contributed by atoms with van der Waals surface area (Å²) in [6.45, 7) is 0. The van der Waals surface area contributed by atoms with Crippen LogP contribution in [0.3, 0.4) is 0 Å². The van der Waals surface area contributed by atoms with Gasteiger partial charge in [0.15, 0.2) is 0 Å². The Balaban J connectivity index is 3.31. The number of hydrogen-bond acceptors (Lipinski definition) is 3. The number of rotatable bonds is 3. The first kappa shape index (κ1) is 10.2. The Morgan fingerprint density at radius 2 is 2.07 bits per heavy atom. The summed E-state index contributed by atoms with van der Waals surface area (Å²) in [6.07, 6.45) is 0.631. The SMILES string of the molecule is CN(C)c1ccc(C=O)cc1C(=O)O. The van der Waals surface area contributed by atoms with Gasteiger partial charge in [-0.25, -0.2) is 4.79 Å². The lowest BCUT2D eigenvalue weighted by molar-refractivity contribution is 0.0697. The van der Waals surface area contributed by atoms with E-state index < -0.39 is 5.97 Å². The Hall–Kier alpha value is -1.84. The average Bonchev–Trinajstić information content (AvgIpc) is 2.16. The van der Waals surface area contributed by atoms with Crippen molar-refractivity contribution in [3.8, 4) is 0 Å². The monoisotopic (exact) mass is 193 g/mol. The van der Waals surface area contributed by atoms with Crippen molar-refractivity contribution >= 4 is 17.9 Å². The smallest absolute Gasteiger partial charge is 0.337 e. The summed E-state index contributed by atoms with van der Waals surface area (Å²) in [5, 5.41) is 8.89. The van der Waals surface area contributed by atoms with Crippen LogP contribution in [0, 0.1) is 0 Å². The van der Waals surface area contributed by atoms with E-state index in [1.165, 1.54) is 6.07 Å². The van der Waals surface area contributed by atoms with Gasteiger partial charge in [-0.1, -0.05) is 0 Å². The van der Waals surface area contributed by atoms with Crippen molar-refractivity contribution < 1.29 is 14.7 Å². The van der Waals surface area contributed by atoms with Gasteiger partial charge >= 0.3 is 5.97 Å². The molecule has 1 aromatic carbocycles. The molecule has 0 saturated heterocycles. The minimum Gasteiger partial charge on any atom is -0.478 e. The zero-order valence-corrected chi connectivity index (χ0v) is 8.02. The number of carboxylic acids is 1. The summed E-state index contributed by atoms with van der Waals surface area (Å²) in [6, 6.07) is 4.58. The zero-order valence-electron chi connectivity index (χ0n) is 8.02. The van der Waals surface area contributed by atoms with Crippen LogP contribution in [0.2, 0.25) is 0 Å². The Morgan fingerprint density at radius 3 is 2.50 bits per heavy atom. The fourth-order valence-corrected chi connectivity index (χ4v) is 1.19. The number of carbonyl (C=O) groups excluding carboxylic acids is 1. The number of hydrogen-bond donors (Lipinski definition) is 1. The van der Waals surface area contributed by atoms with Gasteiger partial charge in [-0.3, -0.25) is 4.79 Å². The minimum absolute atomic E-state index is 0.139. The van der Waals surface area contributed by atoms with Crippen LogP contribution in [0.5, 0.6) is 0 Å². The molecule has 1 rings (SSSR count). The summed E-state index contributed by atoms with van der Waals surface area (Å²) in [7, 11) is 3.50. The normalized spacial score (nSPS) is 9.57. The van der Waals surface area contributed by atoms with Crippen LogP contribution >= 0.6 is 0 Å². The number of carbonyl (C=O) groups is 2. The summed E-state index contributed by atoms with van der Waals surface area (Å²) >= 11 is 0. The van der Waals surface area contributed by atoms with Crippen LogP contribution in [0.1, 0.15) is 20.7 Å². The fraction of sp³-hybridized carbons (Fsp3) is 0.200. The van der Waals surface area contributed by atoms with Crippen molar-refractivity contribution in [2.45, 2.75) is 0 Å². The van der Waals surface area contributed by atoms with Crippen molar-refractivity contribution in [1.29, 1.82) is 0 Å². The van der Waals surface area contributed by atoms with Gasteiger partial charge in [-0.15, -0.1) is 0 Å². The maximum absolute atomic E-state index is 10.9. The molecule has 0 amide bonds. The molecular formula is C10H11NO3. The van der Waals surface area contributed by atoms with Crippen LogP contribution in [-0.4, -0.2) is 31.5 Å². The van der Waals surface area contributed by atoms with E-state index in [0.29, 0.717) is 17.5 Å². The second kappa shape index (κ2) is 3.91. The third-order valence-electron chi connectivity index (χ3n) is 1.87. The van der Waals surface area contributed by atoms with Crippen LogP contribution < -0.4 is 4.90 Å². The van der Waals surface area contributed by atoms with E-state index in [4.69, 9.17) is 5.11 Å². The molecule has 0 unspecified atom stereocenters. The lowest BCUT2D eigenvalue weighted by atomic mass is 10.1. The van der Waals surface area contributed by atoms with Crippen molar-refractivity contribution in [3.63, 3.8) is 0 Å². The summed E-state index contributed by atoms with van der Waals surface area (Å²) in [5.74, 6) is -1.03. The summed E-state index contributed by atoms with van der Waals surface area (Å²) in [5.41, 5.74) is 1.09. The molecule has 0 aliphatic heterocycles. The lowest BCUT2D eigenvalue weighted by Gasteiger charge is -2.15. The van der Waals surface area contributed by atoms with E-state index in [-0.39, 0.29) is 5.56 Å². The van der Waals surface area contributed by atoms with Crippen LogP contribution in [-0.2, 0) is 0 Å². The predicted molar refractivity (Wildman–Crippen MR) is 53.1 cm³/mol. The van der Waals surface area contributed by atoms with Gasteiger partial charge in [0.05, 0.1) is 11.3 Å². The molecule has 4 nitrogen and oxygen atoms in total. The molecular weight excluding hydrogens is 182 g/mol. The Kier molecular flexibility index (Phi) is 2.86. The third kappa shape index (κ3) is 1.90. The van der Waals surface area contributed by atoms with Gasteiger partial charge in [0.2, 0.25) is 0 Å². The van der Waals surface area contributed by atoms with Gasteiger partial charge in [0.25, 0.3) is 0 Å². The molecule has 0 fully saturated rings. The minimum atomic E-state index is -1.03. The molecule has 74 valence electrons. The Labute approximate surface area is 81.8 Å². The third-order valence-corrected chi connectivity index (χ3v) is 1.87. The first-order chi connectivity index (χ1) is 6.56. The number of benzene rings is 1. The molecule has 4 heteroatoms. The van der Waals surface area contributed by atoms with Crippen LogP contribution in [0.4, 0.5) is 5.69 Å². The molecule has 0 radical (unpaired) electrons. The largest absolute Gasteiger partial charge is 0.478 e. The van der Waals surface area contributed by atoms with Crippen molar-refractivity contribution in [2.24, 2.45) is 0 Å². The molecule has 1 N–H and O–H groups in total. The van der Waals surface area contributed by atoms with Gasteiger partial charge in [-0.05, 0) is 18.2 Å². The van der Waals surface area contributed by atoms with Crippen LogP contribution in [0.25, 0.3) is 0 Å². The molecule has 0 aromatic heterocycles. The lowest BCUT2D eigenvalue weighted by Crippen LogP contribution is -2.14. The first-order valence-electron chi connectivity index (χ1n) is 4.06. The summed E-state index contributed by atoms with van der Waals surface area (Å²) in [4.78, 5) is 23.0. The second-order valence-corrected chi connectivity index (χ2v) is 3.09. The quantitative estimate of drug-likeness (QED) is 0.734. The van der Waals surface area contributed by atoms with Crippen molar-refractivity contribution in [3.05, 3.63) is 29.3 Å². The van der Waals surface area contributed by atoms with E-state index in [2.05, 4.69) is 0 Å². The van der Waals surface area contributed by atoms with E-state index in [1.807, 2.05) is 0 Å². The zero-order chi connectivity index (χ0) is 10.7. The number of aldehydes is 1. The van der Waals surface area contributed by atoms with Crippen molar-refractivity contribution in [2.75, 3.05) is 19.0 Å². The standard InChI is InChI=1S/C10H11NO3/c1-11(2)9-4-3-7(6-12)5-8(9)10(13)14/h3-6H,1-2H3,(H,13,14). The molecule has 0 heterocycles. The van der Waals surface area contributed by atoms with Crippen molar-refractivity contribution in [1.82, 2.24) is 0 Å².